The molecule has 0 saturated heterocycles. The van der Waals surface area contributed by atoms with Crippen molar-refractivity contribution in [1.29, 1.82) is 0 Å². The summed E-state index contributed by atoms with van der Waals surface area (Å²) in [6.07, 6.45) is 2.36. The van der Waals surface area contributed by atoms with Crippen LogP contribution < -0.4 is 4.90 Å². The fraction of sp³-hybridized carbons (Fsp3) is 0.250. The summed E-state index contributed by atoms with van der Waals surface area (Å²) in [7, 11) is 0. The van der Waals surface area contributed by atoms with Gasteiger partial charge in [0.15, 0.2) is 0 Å². The summed E-state index contributed by atoms with van der Waals surface area (Å²) >= 11 is 0. The van der Waals surface area contributed by atoms with Crippen molar-refractivity contribution in [1.82, 2.24) is 9.97 Å². The smallest absolute Gasteiger partial charge is 0.421 e. The van der Waals surface area contributed by atoms with E-state index in [-0.39, 0.29) is 11.5 Å². The number of hydrogen-bond acceptors (Lipinski definition) is 5. The molecule has 0 spiro atoms. The van der Waals surface area contributed by atoms with Gasteiger partial charge in [-0.2, -0.15) is 0 Å². The highest BCUT2D eigenvalue weighted by atomic mass is 16.6. The second-order valence-corrected chi connectivity index (χ2v) is 5.72. The minimum absolute atomic E-state index is 0.117. The fourth-order valence-corrected chi connectivity index (χ4v) is 1.77. The van der Waals surface area contributed by atoms with Crippen LogP contribution in [0.25, 0.3) is 0 Å². The molecule has 0 aliphatic carbocycles. The number of carbonyl (C=O) groups is 2. The van der Waals surface area contributed by atoms with E-state index < -0.39 is 17.7 Å². The Morgan fingerprint density at radius 3 is 2.13 bits per heavy atom. The van der Waals surface area contributed by atoms with Crippen LogP contribution in [0.1, 0.15) is 31.1 Å². The number of carbonyl (C=O) groups excluding carboxylic acids is 1. The van der Waals surface area contributed by atoms with E-state index in [1.54, 1.807) is 26.8 Å². The Balaban J connectivity index is 2.41. The molecular formula is C16H17N3O4. The lowest BCUT2D eigenvalue weighted by Gasteiger charge is -2.26. The van der Waals surface area contributed by atoms with E-state index in [9.17, 15) is 9.59 Å². The van der Waals surface area contributed by atoms with Crippen molar-refractivity contribution in [3.8, 4) is 0 Å². The van der Waals surface area contributed by atoms with Crippen LogP contribution in [0.4, 0.5) is 16.4 Å². The Morgan fingerprint density at radius 2 is 1.65 bits per heavy atom. The maximum Gasteiger partial charge on any atom is 0.421 e. The molecule has 0 aliphatic rings. The molecule has 0 fully saturated rings. The molecule has 1 amide bonds. The first-order valence-electron chi connectivity index (χ1n) is 6.91. The Morgan fingerprint density at radius 1 is 1.09 bits per heavy atom. The van der Waals surface area contributed by atoms with Crippen LogP contribution in [0.15, 0.2) is 42.7 Å². The predicted molar refractivity (Wildman–Crippen MR) is 83.8 cm³/mol. The van der Waals surface area contributed by atoms with Gasteiger partial charge in [-0.3, -0.25) is 0 Å². The van der Waals surface area contributed by atoms with E-state index >= 15 is 0 Å². The minimum atomic E-state index is -1.05. The first-order chi connectivity index (χ1) is 10.8. The second-order valence-electron chi connectivity index (χ2n) is 5.72. The third kappa shape index (κ3) is 4.26. The standard InChI is InChI=1S/C16H17N3O4/c1-16(2,3)23-15(22)19(14-17-9-4-10-18-14)12-7-5-11(6-8-12)13(20)21/h4-10H,1-3H3,(H,20,21). The second kappa shape index (κ2) is 6.43. The fourth-order valence-electron chi connectivity index (χ4n) is 1.77. The van der Waals surface area contributed by atoms with Crippen molar-refractivity contribution in [2.45, 2.75) is 26.4 Å². The number of amides is 1. The van der Waals surface area contributed by atoms with Crippen molar-refractivity contribution >= 4 is 23.7 Å². The van der Waals surface area contributed by atoms with Crippen molar-refractivity contribution in [3.05, 3.63) is 48.3 Å². The summed E-state index contributed by atoms with van der Waals surface area (Å²) in [6.45, 7) is 5.26. The van der Waals surface area contributed by atoms with Crippen LogP contribution >= 0.6 is 0 Å². The van der Waals surface area contributed by atoms with Crippen molar-refractivity contribution in [2.75, 3.05) is 4.90 Å². The van der Waals surface area contributed by atoms with Crippen LogP contribution in [0.2, 0.25) is 0 Å². The van der Waals surface area contributed by atoms with Gasteiger partial charge in [-0.25, -0.2) is 24.5 Å². The summed E-state index contributed by atoms with van der Waals surface area (Å²) in [5, 5.41) is 8.96. The first-order valence-corrected chi connectivity index (χ1v) is 6.91. The van der Waals surface area contributed by atoms with E-state index in [0.29, 0.717) is 5.69 Å². The lowest BCUT2D eigenvalue weighted by atomic mass is 10.2. The number of aromatic nitrogens is 2. The molecule has 1 aromatic carbocycles. The topological polar surface area (TPSA) is 92.6 Å². The third-order valence-corrected chi connectivity index (χ3v) is 2.70. The molecule has 0 bridgehead atoms. The van der Waals surface area contributed by atoms with Crippen LogP contribution in [0.3, 0.4) is 0 Å². The number of aromatic carboxylic acids is 1. The normalized spacial score (nSPS) is 10.9. The molecule has 0 aliphatic heterocycles. The molecule has 1 heterocycles. The molecule has 1 aromatic heterocycles. The average molecular weight is 315 g/mol. The summed E-state index contributed by atoms with van der Waals surface area (Å²) < 4.78 is 5.38. The zero-order valence-electron chi connectivity index (χ0n) is 13.1. The quantitative estimate of drug-likeness (QED) is 0.934. The van der Waals surface area contributed by atoms with Crippen LogP contribution in [0.5, 0.6) is 0 Å². The lowest BCUT2D eigenvalue weighted by molar-refractivity contribution is 0.0596. The number of rotatable bonds is 3. The number of ether oxygens (including phenoxy) is 1. The number of anilines is 2. The van der Waals surface area contributed by atoms with E-state index in [1.165, 1.54) is 41.6 Å². The predicted octanol–water partition coefficient (Wildman–Crippen LogP) is 3.25. The Bertz CT molecular complexity index is 694. The number of benzene rings is 1. The van der Waals surface area contributed by atoms with Gasteiger partial charge in [0.1, 0.15) is 5.60 Å². The van der Waals surface area contributed by atoms with Gasteiger partial charge in [-0.1, -0.05) is 0 Å². The van der Waals surface area contributed by atoms with Gasteiger partial charge in [0, 0.05) is 12.4 Å². The highest BCUT2D eigenvalue weighted by Gasteiger charge is 2.26. The van der Waals surface area contributed by atoms with E-state index in [4.69, 9.17) is 9.84 Å². The summed E-state index contributed by atoms with van der Waals surface area (Å²) in [6, 6.07) is 7.44. The molecule has 0 saturated carbocycles. The first kappa shape index (κ1) is 16.4. The third-order valence-electron chi connectivity index (χ3n) is 2.70. The van der Waals surface area contributed by atoms with E-state index in [0.717, 1.165) is 0 Å². The van der Waals surface area contributed by atoms with E-state index in [1.807, 2.05) is 0 Å². The van der Waals surface area contributed by atoms with Gasteiger partial charge in [-0.15, -0.1) is 0 Å². The van der Waals surface area contributed by atoms with Crippen molar-refractivity contribution in [2.24, 2.45) is 0 Å². The minimum Gasteiger partial charge on any atom is -0.478 e. The monoisotopic (exact) mass is 315 g/mol. The zero-order chi connectivity index (χ0) is 17.0. The molecule has 7 nitrogen and oxygen atoms in total. The molecule has 23 heavy (non-hydrogen) atoms. The Kier molecular flexibility index (Phi) is 4.59. The van der Waals surface area contributed by atoms with Gasteiger partial charge < -0.3 is 9.84 Å². The summed E-state index contributed by atoms with van der Waals surface area (Å²) in [5.41, 5.74) is -0.159. The SMILES string of the molecule is CC(C)(C)OC(=O)N(c1ccc(C(=O)O)cc1)c1ncccn1. The molecule has 0 unspecified atom stereocenters. The van der Waals surface area contributed by atoms with Crippen molar-refractivity contribution < 1.29 is 19.4 Å². The van der Waals surface area contributed by atoms with Gasteiger partial charge in [0.2, 0.25) is 5.95 Å². The van der Waals surface area contributed by atoms with Crippen molar-refractivity contribution in [3.63, 3.8) is 0 Å². The Labute approximate surface area is 133 Å². The molecule has 2 aromatic rings. The largest absolute Gasteiger partial charge is 0.478 e. The zero-order valence-corrected chi connectivity index (χ0v) is 13.1. The molecule has 120 valence electrons. The van der Waals surface area contributed by atoms with Crippen LogP contribution in [0, 0.1) is 0 Å². The molecule has 0 radical (unpaired) electrons. The van der Waals surface area contributed by atoms with Gasteiger partial charge in [0.05, 0.1) is 11.3 Å². The highest BCUT2D eigenvalue weighted by molar-refractivity contribution is 5.95. The van der Waals surface area contributed by atoms with Crippen LogP contribution in [-0.4, -0.2) is 32.7 Å². The number of carboxylic acids is 1. The molecular weight excluding hydrogens is 298 g/mol. The van der Waals surface area contributed by atoms with Crippen LogP contribution in [-0.2, 0) is 4.74 Å². The summed E-state index contributed by atoms with van der Waals surface area (Å²) in [5.74, 6) is -0.902. The molecule has 1 N–H and O–H groups in total. The maximum atomic E-state index is 12.5. The van der Waals surface area contributed by atoms with E-state index in [2.05, 4.69) is 9.97 Å². The highest BCUT2D eigenvalue weighted by Crippen LogP contribution is 2.25. The maximum absolute atomic E-state index is 12.5. The number of carboxylic acid groups (broad SMARTS) is 1. The average Bonchev–Trinajstić information content (AvgIpc) is 2.47. The lowest BCUT2D eigenvalue weighted by Crippen LogP contribution is -2.34. The molecule has 0 atom stereocenters. The van der Waals surface area contributed by atoms with Gasteiger partial charge >= 0.3 is 12.1 Å². The summed E-state index contributed by atoms with van der Waals surface area (Å²) in [4.78, 5) is 32.7. The molecule has 2 rings (SSSR count). The molecule has 7 heteroatoms. The Hall–Kier alpha value is -2.96. The number of hydrogen-bond donors (Lipinski definition) is 1. The number of nitrogens with zero attached hydrogens (tertiary/aromatic N) is 3. The van der Waals surface area contributed by atoms with Gasteiger partial charge in [0.25, 0.3) is 0 Å². The van der Waals surface area contributed by atoms with Gasteiger partial charge in [-0.05, 0) is 51.1 Å².